The van der Waals surface area contributed by atoms with Crippen LogP contribution < -0.4 is 0 Å². The Morgan fingerprint density at radius 1 is 1.11 bits per heavy atom. The molecule has 35 heavy (non-hydrogen) atoms. The Hall–Kier alpha value is -2.39. The molecule has 4 aliphatic rings. The third kappa shape index (κ3) is 3.69. The molecule has 1 fully saturated rings. The highest BCUT2D eigenvalue weighted by molar-refractivity contribution is 6.51. The summed E-state index contributed by atoms with van der Waals surface area (Å²) in [6.45, 7) is 12.1. The zero-order chi connectivity index (χ0) is 25.7. The zero-order valence-electron chi connectivity index (χ0n) is 20.7. The van der Waals surface area contributed by atoms with Gasteiger partial charge in [-0.25, -0.2) is 4.79 Å². The van der Waals surface area contributed by atoms with E-state index in [1.54, 1.807) is 19.1 Å². The number of ketones is 2. The number of aliphatic hydroxyl groups is 2. The van der Waals surface area contributed by atoms with E-state index in [1.807, 2.05) is 11.8 Å². The second-order valence-electron chi connectivity index (χ2n) is 10.5. The fourth-order valence-corrected chi connectivity index (χ4v) is 6.86. The number of methoxy groups -OCH3 is 1. The molecule has 0 aromatic rings. The Morgan fingerprint density at radius 2 is 1.77 bits per heavy atom. The van der Waals surface area contributed by atoms with Gasteiger partial charge in [0.1, 0.15) is 6.10 Å². The molecule has 8 nitrogen and oxygen atoms in total. The van der Waals surface area contributed by atoms with E-state index in [2.05, 4.69) is 13.2 Å². The number of rotatable bonds is 8. The van der Waals surface area contributed by atoms with E-state index in [0.29, 0.717) is 31.5 Å². The Balaban J connectivity index is 1.97. The molecule has 2 N–H and O–H groups in total. The Bertz CT molecular complexity index is 1030. The number of nitrogens with zero attached hydrogens (tertiary/aromatic N) is 1. The van der Waals surface area contributed by atoms with Gasteiger partial charge in [0, 0.05) is 43.3 Å². The number of Topliss-reactive ketones (excluding diaryl/α,β-unsaturated/α-hetero) is 2. The van der Waals surface area contributed by atoms with E-state index >= 15 is 0 Å². The molecular formula is C27H35NO7. The van der Waals surface area contributed by atoms with Crippen molar-refractivity contribution in [1.29, 1.82) is 0 Å². The van der Waals surface area contributed by atoms with Crippen LogP contribution in [0, 0.1) is 16.7 Å². The Labute approximate surface area is 206 Å². The topological polar surface area (TPSA) is 113 Å². The summed E-state index contributed by atoms with van der Waals surface area (Å²) < 4.78 is 11.2. The van der Waals surface area contributed by atoms with Crippen LogP contribution in [0.1, 0.15) is 33.1 Å². The summed E-state index contributed by atoms with van der Waals surface area (Å²) in [6.07, 6.45) is 2.01. The van der Waals surface area contributed by atoms with Crippen molar-refractivity contribution in [1.82, 2.24) is 4.90 Å². The fourth-order valence-electron chi connectivity index (χ4n) is 6.86. The largest absolute Gasteiger partial charge is 0.455 e. The second-order valence-corrected chi connectivity index (χ2v) is 10.5. The average molecular weight is 486 g/mol. The summed E-state index contributed by atoms with van der Waals surface area (Å²) >= 11 is 0. The average Bonchev–Trinajstić information content (AvgIpc) is 3.09. The highest BCUT2D eigenvalue weighted by Gasteiger charge is 2.64. The van der Waals surface area contributed by atoms with Crippen molar-refractivity contribution in [3.05, 3.63) is 47.6 Å². The number of aliphatic hydroxyl groups excluding tert-OH is 2. The standard InChI is InChI=1S/C27H35NO7/c1-6-10-28(11-7-2)13-15-21-24(32)23(31)20-16-8-9-18(30)26(16,3)12-17(29)22(20)27(21,4)19(14-34-5)35-25(15)33/h6-7,16-19,29-30H,1-2,8-14H2,3-5H3/t16-,17+,18?,19+,26-,27-/m0/s1. The van der Waals surface area contributed by atoms with Crippen LogP contribution in [-0.2, 0) is 23.9 Å². The molecule has 190 valence electrons. The zero-order valence-corrected chi connectivity index (χ0v) is 20.7. The third-order valence-electron chi connectivity index (χ3n) is 8.56. The molecule has 1 unspecified atom stereocenters. The first-order valence-corrected chi connectivity index (χ1v) is 12.1. The van der Waals surface area contributed by atoms with Gasteiger partial charge in [-0.1, -0.05) is 19.1 Å². The van der Waals surface area contributed by atoms with E-state index in [1.165, 1.54) is 7.11 Å². The van der Waals surface area contributed by atoms with Crippen molar-refractivity contribution < 1.29 is 34.1 Å². The van der Waals surface area contributed by atoms with E-state index in [-0.39, 0.29) is 42.2 Å². The molecule has 4 rings (SSSR count). The minimum atomic E-state index is -1.23. The van der Waals surface area contributed by atoms with Gasteiger partial charge in [0.25, 0.3) is 0 Å². The number of carbonyl (C=O) groups excluding carboxylic acids is 3. The summed E-state index contributed by atoms with van der Waals surface area (Å²) in [7, 11) is 1.47. The van der Waals surface area contributed by atoms with Gasteiger partial charge in [-0.2, -0.15) is 0 Å². The monoisotopic (exact) mass is 485 g/mol. The van der Waals surface area contributed by atoms with Gasteiger partial charge in [0.2, 0.25) is 11.6 Å². The number of esters is 1. The summed E-state index contributed by atoms with van der Waals surface area (Å²) in [4.78, 5) is 42.6. The predicted octanol–water partition coefficient (Wildman–Crippen LogP) is 1.53. The first kappa shape index (κ1) is 25.7. The molecule has 1 heterocycles. The van der Waals surface area contributed by atoms with Crippen molar-refractivity contribution in [2.75, 3.05) is 33.4 Å². The van der Waals surface area contributed by atoms with Crippen molar-refractivity contribution in [3.63, 3.8) is 0 Å². The maximum atomic E-state index is 13.8. The lowest BCUT2D eigenvalue weighted by Gasteiger charge is -2.53. The lowest BCUT2D eigenvalue weighted by Crippen LogP contribution is -2.59. The van der Waals surface area contributed by atoms with Gasteiger partial charge in [0.05, 0.1) is 29.8 Å². The molecule has 0 amide bonds. The van der Waals surface area contributed by atoms with Gasteiger partial charge in [-0.15, -0.1) is 13.2 Å². The number of ether oxygens (including phenoxy) is 2. The predicted molar refractivity (Wildman–Crippen MR) is 128 cm³/mol. The number of hydrogen-bond acceptors (Lipinski definition) is 8. The normalized spacial score (nSPS) is 36.7. The van der Waals surface area contributed by atoms with Gasteiger partial charge < -0.3 is 19.7 Å². The van der Waals surface area contributed by atoms with E-state index in [4.69, 9.17) is 9.47 Å². The van der Waals surface area contributed by atoms with Crippen molar-refractivity contribution in [2.45, 2.75) is 51.4 Å². The van der Waals surface area contributed by atoms with Gasteiger partial charge in [-0.05, 0) is 37.7 Å². The second kappa shape index (κ2) is 9.24. The molecule has 0 saturated heterocycles. The van der Waals surface area contributed by atoms with Gasteiger partial charge >= 0.3 is 5.97 Å². The lowest BCUT2D eigenvalue weighted by atomic mass is 9.52. The van der Waals surface area contributed by atoms with Crippen LogP contribution in [0.5, 0.6) is 0 Å². The maximum absolute atomic E-state index is 13.8. The quantitative estimate of drug-likeness (QED) is 0.302. The van der Waals surface area contributed by atoms with E-state index < -0.39 is 46.7 Å². The Kier molecular flexibility index (Phi) is 6.79. The first-order chi connectivity index (χ1) is 16.6. The highest BCUT2D eigenvalue weighted by Crippen LogP contribution is 2.61. The van der Waals surface area contributed by atoms with Crippen LogP contribution in [0.4, 0.5) is 0 Å². The molecule has 6 atom stereocenters. The molecule has 0 bridgehead atoms. The van der Waals surface area contributed by atoms with Crippen LogP contribution in [0.25, 0.3) is 0 Å². The summed E-state index contributed by atoms with van der Waals surface area (Å²) in [6, 6.07) is 0. The number of cyclic esters (lactones) is 1. The molecule has 1 aliphatic heterocycles. The summed E-state index contributed by atoms with van der Waals surface area (Å²) in [5.41, 5.74) is -1.03. The summed E-state index contributed by atoms with van der Waals surface area (Å²) in [5, 5.41) is 22.2. The Morgan fingerprint density at radius 3 is 2.37 bits per heavy atom. The van der Waals surface area contributed by atoms with Crippen molar-refractivity contribution >= 4 is 17.5 Å². The molecule has 1 saturated carbocycles. The maximum Gasteiger partial charge on any atom is 0.336 e. The number of carbonyl (C=O) groups is 3. The van der Waals surface area contributed by atoms with Crippen LogP contribution in [0.3, 0.4) is 0 Å². The van der Waals surface area contributed by atoms with Gasteiger partial charge in [-0.3, -0.25) is 14.5 Å². The third-order valence-corrected chi connectivity index (χ3v) is 8.56. The minimum Gasteiger partial charge on any atom is -0.455 e. The minimum absolute atomic E-state index is 0.00240. The lowest BCUT2D eigenvalue weighted by molar-refractivity contribution is -0.159. The van der Waals surface area contributed by atoms with E-state index in [0.717, 1.165) is 0 Å². The smallest absolute Gasteiger partial charge is 0.336 e. The molecule has 0 aromatic heterocycles. The highest BCUT2D eigenvalue weighted by atomic mass is 16.6. The number of hydrogen-bond donors (Lipinski definition) is 2. The van der Waals surface area contributed by atoms with Gasteiger partial charge in [0.15, 0.2) is 0 Å². The fraction of sp³-hybridized carbons (Fsp3) is 0.593. The molecule has 3 aliphatic carbocycles. The van der Waals surface area contributed by atoms with Crippen LogP contribution in [0.2, 0.25) is 0 Å². The molecular weight excluding hydrogens is 450 g/mol. The van der Waals surface area contributed by atoms with E-state index in [9.17, 15) is 24.6 Å². The van der Waals surface area contributed by atoms with Crippen LogP contribution in [0.15, 0.2) is 47.6 Å². The number of allylic oxidation sites excluding steroid dienone is 1. The molecule has 8 heteroatoms. The summed E-state index contributed by atoms with van der Waals surface area (Å²) in [5.74, 6) is -2.46. The number of fused-ring (bicyclic) bond motifs is 4. The van der Waals surface area contributed by atoms with Crippen LogP contribution >= 0.6 is 0 Å². The van der Waals surface area contributed by atoms with Crippen molar-refractivity contribution in [3.8, 4) is 0 Å². The SMILES string of the molecule is C=CCN(CC=C)CC1=C2C(=O)C(=O)C3=C([C@H](O)C[C@]4(C)C(O)CC[C@@H]34)[C@@]2(C)[C@@H](COC)OC1=O. The molecule has 0 spiro atoms. The first-order valence-electron chi connectivity index (χ1n) is 12.1. The molecule has 0 aromatic carbocycles. The van der Waals surface area contributed by atoms with Crippen molar-refractivity contribution in [2.24, 2.45) is 16.7 Å². The molecule has 0 radical (unpaired) electrons. The van der Waals surface area contributed by atoms with Crippen LogP contribution in [-0.4, -0.2) is 84.3 Å².